The lowest BCUT2D eigenvalue weighted by Crippen LogP contribution is -2.53. The molecule has 8 heteroatoms. The predicted octanol–water partition coefficient (Wildman–Crippen LogP) is 1.26. The predicted molar refractivity (Wildman–Crippen MR) is 87.4 cm³/mol. The Hall–Kier alpha value is -0.700. The van der Waals surface area contributed by atoms with Gasteiger partial charge in [0, 0.05) is 32.2 Å². The van der Waals surface area contributed by atoms with Gasteiger partial charge >= 0.3 is 0 Å². The molecule has 0 bridgehead atoms. The number of hydrogen-bond donors (Lipinski definition) is 0. The summed E-state index contributed by atoms with van der Waals surface area (Å²) in [6.07, 6.45) is 2.28. The molecule has 0 aromatic carbocycles. The van der Waals surface area contributed by atoms with Crippen LogP contribution in [0.5, 0.6) is 0 Å². The Labute approximate surface area is 139 Å². The maximum Gasteiger partial charge on any atom is 0.233 e. The summed E-state index contributed by atoms with van der Waals surface area (Å²) in [5.74, 6) is 0.681. The fraction of sp³-hybridized carbons (Fsp3) is 0.786. The molecule has 0 N–H and O–H groups in total. The van der Waals surface area contributed by atoms with Crippen LogP contribution in [0.15, 0.2) is 4.34 Å². The minimum atomic E-state index is 0.218. The van der Waals surface area contributed by atoms with Crippen LogP contribution >= 0.6 is 23.1 Å². The highest BCUT2D eigenvalue weighted by Crippen LogP contribution is 2.23. The van der Waals surface area contributed by atoms with Gasteiger partial charge in [0.05, 0.1) is 19.0 Å². The highest BCUT2D eigenvalue weighted by atomic mass is 32.2. The van der Waals surface area contributed by atoms with E-state index in [-0.39, 0.29) is 5.91 Å². The van der Waals surface area contributed by atoms with Crippen LogP contribution < -0.4 is 0 Å². The van der Waals surface area contributed by atoms with Crippen LogP contribution in [0.3, 0.4) is 0 Å². The number of thioether (sulfide) groups is 1. The number of carbonyl (C=O) groups excluding carboxylic acids is 1. The van der Waals surface area contributed by atoms with Crippen LogP contribution in [-0.4, -0.2) is 77.1 Å². The van der Waals surface area contributed by atoms with Crippen molar-refractivity contribution < 1.29 is 9.53 Å². The summed E-state index contributed by atoms with van der Waals surface area (Å²) in [6, 6.07) is 0.496. The zero-order chi connectivity index (χ0) is 15.4. The number of rotatable bonds is 4. The first-order chi connectivity index (χ1) is 10.7. The summed E-state index contributed by atoms with van der Waals surface area (Å²) in [5.41, 5.74) is 0. The first-order valence-corrected chi connectivity index (χ1v) is 9.55. The molecule has 1 atom stereocenters. The molecule has 0 saturated carbocycles. The molecule has 1 aromatic rings. The molecule has 2 saturated heterocycles. The molecule has 6 nitrogen and oxygen atoms in total. The Morgan fingerprint density at radius 1 is 1.36 bits per heavy atom. The molecule has 0 aliphatic carbocycles. The number of hydrogen-bond acceptors (Lipinski definition) is 7. The monoisotopic (exact) mass is 342 g/mol. The summed E-state index contributed by atoms with van der Waals surface area (Å²) in [4.78, 5) is 16.9. The molecular weight excluding hydrogens is 320 g/mol. The van der Waals surface area contributed by atoms with Gasteiger partial charge in [0.25, 0.3) is 0 Å². The summed E-state index contributed by atoms with van der Waals surface area (Å²) < 4.78 is 6.30. The number of carbonyl (C=O) groups is 1. The van der Waals surface area contributed by atoms with Crippen molar-refractivity contribution in [3.63, 3.8) is 0 Å². The van der Waals surface area contributed by atoms with E-state index >= 15 is 0 Å². The molecule has 0 spiro atoms. The maximum atomic E-state index is 12.4. The molecular formula is C14H22N4O2S2. The standard InChI is InChI=1S/C14H22N4O2S2/c1-11-15-16-14(22-11)21-10-13(19)18-4-2-3-12(9-18)17-5-7-20-8-6-17/h12H,2-10H2,1H3. The minimum absolute atomic E-state index is 0.218. The Bertz CT molecular complexity index is 505. The van der Waals surface area contributed by atoms with Crippen LogP contribution in [0, 0.1) is 6.92 Å². The smallest absolute Gasteiger partial charge is 0.233 e. The molecule has 3 heterocycles. The van der Waals surface area contributed by atoms with Gasteiger partial charge < -0.3 is 9.64 Å². The van der Waals surface area contributed by atoms with E-state index < -0.39 is 0 Å². The van der Waals surface area contributed by atoms with Gasteiger partial charge in [0.2, 0.25) is 5.91 Å². The third kappa shape index (κ3) is 4.18. The second-order valence-corrected chi connectivity index (χ2v) is 8.06. The molecule has 3 rings (SSSR count). The highest BCUT2D eigenvalue weighted by Gasteiger charge is 2.28. The number of piperidine rings is 1. The van der Waals surface area contributed by atoms with Crippen LogP contribution in [-0.2, 0) is 9.53 Å². The largest absolute Gasteiger partial charge is 0.379 e. The van der Waals surface area contributed by atoms with Crippen molar-refractivity contribution in [2.24, 2.45) is 0 Å². The van der Waals surface area contributed by atoms with E-state index in [9.17, 15) is 4.79 Å². The molecule has 1 amide bonds. The second-order valence-electron chi connectivity index (χ2n) is 5.66. The number of amides is 1. The Kier molecular flexibility index (Phi) is 5.67. The van der Waals surface area contributed by atoms with E-state index in [0.717, 1.165) is 55.2 Å². The fourth-order valence-electron chi connectivity index (χ4n) is 2.97. The number of aromatic nitrogens is 2. The molecule has 1 aromatic heterocycles. The van der Waals surface area contributed by atoms with Crippen LogP contribution in [0.1, 0.15) is 17.8 Å². The summed E-state index contributed by atoms with van der Waals surface area (Å²) in [6.45, 7) is 7.29. The quantitative estimate of drug-likeness (QED) is 0.768. The third-order valence-electron chi connectivity index (χ3n) is 4.14. The van der Waals surface area contributed by atoms with Crippen molar-refractivity contribution in [3.05, 3.63) is 5.01 Å². The van der Waals surface area contributed by atoms with E-state index in [4.69, 9.17) is 4.74 Å². The maximum absolute atomic E-state index is 12.4. The average molecular weight is 342 g/mol. The number of morpholine rings is 1. The van der Waals surface area contributed by atoms with E-state index in [1.807, 2.05) is 11.8 Å². The van der Waals surface area contributed by atoms with Gasteiger partial charge in [-0.3, -0.25) is 9.69 Å². The lowest BCUT2D eigenvalue weighted by molar-refractivity contribution is -0.130. The molecule has 22 heavy (non-hydrogen) atoms. The number of aryl methyl sites for hydroxylation is 1. The van der Waals surface area contributed by atoms with E-state index in [1.165, 1.54) is 18.2 Å². The molecule has 2 aliphatic rings. The third-order valence-corrected chi connectivity index (χ3v) is 6.09. The van der Waals surface area contributed by atoms with Gasteiger partial charge in [-0.2, -0.15) is 0 Å². The van der Waals surface area contributed by atoms with Gasteiger partial charge in [-0.15, -0.1) is 10.2 Å². The lowest BCUT2D eigenvalue weighted by atomic mass is 10.0. The van der Waals surface area contributed by atoms with Crippen LogP contribution in [0.25, 0.3) is 0 Å². The molecule has 2 aliphatic heterocycles. The Balaban J connectivity index is 1.49. The Morgan fingerprint density at radius 2 is 2.18 bits per heavy atom. The second kappa shape index (κ2) is 7.72. The summed E-state index contributed by atoms with van der Waals surface area (Å²) >= 11 is 3.05. The average Bonchev–Trinajstić information content (AvgIpc) is 2.99. The van der Waals surface area contributed by atoms with Crippen LogP contribution in [0.4, 0.5) is 0 Å². The van der Waals surface area contributed by atoms with Crippen molar-refractivity contribution in [1.82, 2.24) is 20.0 Å². The number of likely N-dealkylation sites (tertiary alicyclic amines) is 1. The van der Waals surface area contributed by atoms with E-state index in [1.54, 1.807) is 11.3 Å². The minimum Gasteiger partial charge on any atom is -0.379 e. The molecule has 122 valence electrons. The van der Waals surface area contributed by atoms with E-state index in [2.05, 4.69) is 15.1 Å². The normalized spacial score (nSPS) is 23.7. The van der Waals surface area contributed by atoms with Gasteiger partial charge in [-0.05, 0) is 19.8 Å². The van der Waals surface area contributed by atoms with E-state index in [0.29, 0.717) is 11.8 Å². The van der Waals surface area contributed by atoms with Crippen molar-refractivity contribution in [2.45, 2.75) is 30.1 Å². The summed E-state index contributed by atoms with van der Waals surface area (Å²) in [7, 11) is 0. The van der Waals surface area contributed by atoms with Crippen molar-refractivity contribution in [2.75, 3.05) is 45.1 Å². The Morgan fingerprint density at radius 3 is 2.91 bits per heavy atom. The van der Waals surface area contributed by atoms with Gasteiger partial charge in [-0.25, -0.2) is 0 Å². The topological polar surface area (TPSA) is 58.6 Å². The fourth-order valence-corrected chi connectivity index (χ4v) is 4.69. The van der Waals surface area contributed by atoms with Gasteiger partial charge in [0.15, 0.2) is 4.34 Å². The molecule has 0 radical (unpaired) electrons. The molecule has 2 fully saturated rings. The van der Waals surface area contributed by atoms with Crippen molar-refractivity contribution in [3.8, 4) is 0 Å². The van der Waals surface area contributed by atoms with Gasteiger partial charge in [-0.1, -0.05) is 23.1 Å². The van der Waals surface area contributed by atoms with Crippen LogP contribution in [0.2, 0.25) is 0 Å². The van der Waals surface area contributed by atoms with Gasteiger partial charge in [0.1, 0.15) is 5.01 Å². The van der Waals surface area contributed by atoms with Crippen molar-refractivity contribution >= 4 is 29.0 Å². The highest BCUT2D eigenvalue weighted by molar-refractivity contribution is 8.01. The summed E-state index contributed by atoms with van der Waals surface area (Å²) in [5, 5.41) is 8.99. The number of nitrogens with zero attached hydrogens (tertiary/aromatic N) is 4. The zero-order valence-corrected chi connectivity index (χ0v) is 14.5. The van der Waals surface area contributed by atoms with Crippen molar-refractivity contribution in [1.29, 1.82) is 0 Å². The number of ether oxygens (including phenoxy) is 1. The SMILES string of the molecule is Cc1nnc(SCC(=O)N2CCCC(N3CCOCC3)C2)s1. The lowest BCUT2D eigenvalue weighted by Gasteiger charge is -2.40. The first-order valence-electron chi connectivity index (χ1n) is 7.75. The molecule has 1 unspecified atom stereocenters. The first kappa shape index (κ1) is 16.2. The zero-order valence-electron chi connectivity index (χ0n) is 12.9.